The highest BCUT2D eigenvalue weighted by atomic mass is 16.3. The predicted octanol–water partition coefficient (Wildman–Crippen LogP) is 4.06. The van der Waals surface area contributed by atoms with Gasteiger partial charge in [0.05, 0.1) is 23.9 Å². The molecule has 4 rings (SSSR count). The number of nitrogens with one attached hydrogen (secondary N) is 2. The molecule has 2 heterocycles. The molecule has 7 heteroatoms. The van der Waals surface area contributed by atoms with E-state index in [0.717, 1.165) is 24.3 Å². The van der Waals surface area contributed by atoms with Gasteiger partial charge in [-0.1, -0.05) is 36.4 Å². The molecule has 166 valence electrons. The summed E-state index contributed by atoms with van der Waals surface area (Å²) in [6.45, 7) is 2.02. The van der Waals surface area contributed by atoms with E-state index >= 15 is 0 Å². The lowest BCUT2D eigenvalue weighted by Crippen LogP contribution is -2.29. The lowest BCUT2D eigenvalue weighted by atomic mass is 10.1. The Kier molecular flexibility index (Phi) is 6.87. The SMILES string of the molecule is NC(=O)c1cnc(Nc2cccc(N3CCCCC3)c2)cc1N[C@H](CO)c1ccccc1. The van der Waals surface area contributed by atoms with Crippen LogP contribution >= 0.6 is 0 Å². The van der Waals surface area contributed by atoms with Crippen molar-refractivity contribution in [3.63, 3.8) is 0 Å². The number of aromatic nitrogens is 1. The number of nitrogens with zero attached hydrogens (tertiary/aromatic N) is 2. The highest BCUT2D eigenvalue weighted by molar-refractivity contribution is 5.98. The summed E-state index contributed by atoms with van der Waals surface area (Å²) in [5, 5.41) is 16.5. The summed E-state index contributed by atoms with van der Waals surface area (Å²) in [6, 6.07) is 19.2. The van der Waals surface area contributed by atoms with Gasteiger partial charge in [0, 0.05) is 36.7 Å². The number of hydrogen-bond donors (Lipinski definition) is 4. The average molecular weight is 432 g/mol. The number of hydrogen-bond acceptors (Lipinski definition) is 6. The van der Waals surface area contributed by atoms with E-state index in [1.165, 1.54) is 31.1 Å². The molecule has 1 amide bonds. The van der Waals surface area contributed by atoms with Crippen molar-refractivity contribution in [1.82, 2.24) is 4.98 Å². The van der Waals surface area contributed by atoms with Gasteiger partial charge in [-0.3, -0.25) is 4.79 Å². The standard InChI is InChI=1S/C25H29N5O2/c26-25(32)21-16-27-24(15-22(21)29-23(17-31)18-8-3-1-4-9-18)28-19-10-7-11-20(14-19)30-12-5-2-6-13-30/h1,3-4,7-11,14-16,23,31H,2,5-6,12-13,17H2,(H2,26,32)(H2,27,28,29)/t23-/m1/s1. The minimum atomic E-state index is -0.580. The number of amides is 1. The minimum Gasteiger partial charge on any atom is -0.394 e. The maximum absolute atomic E-state index is 12.0. The first-order valence-electron chi connectivity index (χ1n) is 11.0. The van der Waals surface area contributed by atoms with E-state index < -0.39 is 5.91 Å². The molecule has 0 bridgehead atoms. The van der Waals surface area contributed by atoms with Crippen LogP contribution in [0.15, 0.2) is 66.9 Å². The molecule has 1 aromatic heterocycles. The zero-order valence-electron chi connectivity index (χ0n) is 18.0. The number of nitrogens with two attached hydrogens (primary N) is 1. The van der Waals surface area contributed by atoms with Crippen LogP contribution in [-0.4, -0.2) is 35.7 Å². The molecule has 1 fully saturated rings. The van der Waals surface area contributed by atoms with Crippen molar-refractivity contribution >= 4 is 28.8 Å². The van der Waals surface area contributed by atoms with Crippen molar-refractivity contribution in [3.8, 4) is 0 Å². The number of pyridine rings is 1. The van der Waals surface area contributed by atoms with Crippen LogP contribution in [0.25, 0.3) is 0 Å². The van der Waals surface area contributed by atoms with Gasteiger partial charge >= 0.3 is 0 Å². The number of benzene rings is 2. The van der Waals surface area contributed by atoms with Gasteiger partial charge in [0.1, 0.15) is 5.82 Å². The number of aliphatic hydroxyl groups excluding tert-OH is 1. The zero-order valence-corrected chi connectivity index (χ0v) is 18.0. The Morgan fingerprint density at radius 3 is 2.56 bits per heavy atom. The summed E-state index contributed by atoms with van der Waals surface area (Å²) in [6.07, 6.45) is 5.19. The molecule has 0 saturated carbocycles. The fourth-order valence-electron chi connectivity index (χ4n) is 4.03. The molecule has 1 aliphatic rings. The van der Waals surface area contributed by atoms with Gasteiger partial charge in [0.2, 0.25) is 0 Å². The summed E-state index contributed by atoms with van der Waals surface area (Å²) in [7, 11) is 0. The number of aliphatic hydroxyl groups is 1. The van der Waals surface area contributed by atoms with Crippen LogP contribution in [0.2, 0.25) is 0 Å². The molecule has 3 aromatic rings. The van der Waals surface area contributed by atoms with Crippen molar-refractivity contribution < 1.29 is 9.90 Å². The molecule has 1 aliphatic heterocycles. The van der Waals surface area contributed by atoms with Gasteiger partial charge in [0.25, 0.3) is 5.91 Å². The van der Waals surface area contributed by atoms with Gasteiger partial charge in [-0.15, -0.1) is 0 Å². The molecule has 1 atom stereocenters. The second-order valence-electron chi connectivity index (χ2n) is 7.99. The van der Waals surface area contributed by atoms with Gasteiger partial charge in [-0.2, -0.15) is 0 Å². The van der Waals surface area contributed by atoms with Gasteiger partial charge in [-0.05, 0) is 43.0 Å². The van der Waals surface area contributed by atoms with Crippen LogP contribution < -0.4 is 21.3 Å². The number of rotatable bonds is 8. The van der Waals surface area contributed by atoms with E-state index in [1.807, 2.05) is 42.5 Å². The summed E-state index contributed by atoms with van der Waals surface area (Å²) in [5.74, 6) is 0.00134. The molecule has 0 radical (unpaired) electrons. The van der Waals surface area contributed by atoms with Crippen LogP contribution in [0.4, 0.5) is 22.9 Å². The molecule has 7 nitrogen and oxygen atoms in total. The summed E-state index contributed by atoms with van der Waals surface area (Å²) in [4.78, 5) is 18.7. The quantitative estimate of drug-likeness (QED) is 0.429. The average Bonchev–Trinajstić information content (AvgIpc) is 2.84. The Balaban J connectivity index is 1.57. The van der Waals surface area contributed by atoms with E-state index in [-0.39, 0.29) is 18.2 Å². The second-order valence-corrected chi connectivity index (χ2v) is 7.99. The molecule has 5 N–H and O–H groups in total. The first-order valence-corrected chi connectivity index (χ1v) is 11.0. The molecule has 32 heavy (non-hydrogen) atoms. The summed E-state index contributed by atoms with van der Waals surface area (Å²) in [5.41, 5.74) is 9.37. The molecule has 2 aromatic carbocycles. The van der Waals surface area contributed by atoms with Crippen molar-refractivity contribution in [2.75, 3.05) is 35.2 Å². The van der Waals surface area contributed by atoms with Crippen LogP contribution in [0.3, 0.4) is 0 Å². The number of primary amides is 1. The predicted molar refractivity (Wildman–Crippen MR) is 128 cm³/mol. The summed E-state index contributed by atoms with van der Waals surface area (Å²) < 4.78 is 0. The fraction of sp³-hybridized carbons (Fsp3) is 0.280. The van der Waals surface area contributed by atoms with Crippen LogP contribution in [0, 0.1) is 0 Å². The number of piperidine rings is 1. The first-order chi connectivity index (χ1) is 15.6. The number of anilines is 4. The van der Waals surface area contributed by atoms with Crippen molar-refractivity contribution in [2.45, 2.75) is 25.3 Å². The lowest BCUT2D eigenvalue weighted by Gasteiger charge is -2.29. The van der Waals surface area contributed by atoms with Crippen LogP contribution in [0.5, 0.6) is 0 Å². The molecule has 0 unspecified atom stereocenters. The number of carbonyl (C=O) groups excluding carboxylic acids is 1. The Hall–Kier alpha value is -3.58. The fourth-order valence-corrected chi connectivity index (χ4v) is 4.03. The first kappa shape index (κ1) is 21.6. The van der Waals surface area contributed by atoms with Crippen molar-refractivity contribution in [3.05, 3.63) is 78.0 Å². The smallest absolute Gasteiger partial charge is 0.252 e. The molecule has 0 aliphatic carbocycles. The third kappa shape index (κ3) is 5.18. The maximum atomic E-state index is 12.0. The zero-order chi connectivity index (χ0) is 22.3. The van der Waals surface area contributed by atoms with E-state index in [4.69, 9.17) is 5.73 Å². The van der Waals surface area contributed by atoms with E-state index in [1.54, 1.807) is 6.07 Å². The van der Waals surface area contributed by atoms with Gasteiger partial charge in [-0.25, -0.2) is 4.98 Å². The van der Waals surface area contributed by atoms with Crippen molar-refractivity contribution in [2.24, 2.45) is 5.73 Å². The van der Waals surface area contributed by atoms with Gasteiger partial charge in [0.15, 0.2) is 0 Å². The highest BCUT2D eigenvalue weighted by Gasteiger charge is 2.16. The topological polar surface area (TPSA) is 104 Å². The summed E-state index contributed by atoms with van der Waals surface area (Å²) >= 11 is 0. The molecule has 1 saturated heterocycles. The van der Waals surface area contributed by atoms with Crippen LogP contribution in [0.1, 0.15) is 41.2 Å². The third-order valence-corrected chi connectivity index (χ3v) is 5.72. The Bertz CT molecular complexity index is 1050. The molecular weight excluding hydrogens is 402 g/mol. The normalized spacial score (nSPS) is 14.6. The van der Waals surface area contributed by atoms with E-state index in [2.05, 4.69) is 32.7 Å². The molecule has 0 spiro atoms. The minimum absolute atomic E-state index is 0.134. The maximum Gasteiger partial charge on any atom is 0.252 e. The Morgan fingerprint density at radius 2 is 1.84 bits per heavy atom. The second kappa shape index (κ2) is 10.2. The van der Waals surface area contributed by atoms with E-state index in [9.17, 15) is 9.90 Å². The van der Waals surface area contributed by atoms with Crippen LogP contribution in [-0.2, 0) is 0 Å². The highest BCUT2D eigenvalue weighted by Crippen LogP contribution is 2.28. The van der Waals surface area contributed by atoms with Gasteiger partial charge < -0.3 is 26.4 Å². The Labute approximate surface area is 188 Å². The van der Waals surface area contributed by atoms with Crippen molar-refractivity contribution in [1.29, 1.82) is 0 Å². The molecular formula is C25H29N5O2. The third-order valence-electron chi connectivity index (χ3n) is 5.72. The lowest BCUT2D eigenvalue weighted by molar-refractivity contribution is 0.100. The Morgan fingerprint density at radius 1 is 1.06 bits per heavy atom. The number of carbonyl (C=O) groups is 1. The van der Waals surface area contributed by atoms with E-state index in [0.29, 0.717) is 11.5 Å². The largest absolute Gasteiger partial charge is 0.394 e. The monoisotopic (exact) mass is 431 g/mol.